The molecule has 1 aliphatic carbocycles. The first kappa shape index (κ1) is 13.0. The maximum absolute atomic E-state index is 5.49. The van der Waals surface area contributed by atoms with Gasteiger partial charge in [0.25, 0.3) is 0 Å². The van der Waals surface area contributed by atoms with Crippen molar-refractivity contribution >= 4 is 0 Å². The first-order chi connectivity index (χ1) is 8.74. The van der Waals surface area contributed by atoms with E-state index in [9.17, 15) is 0 Å². The second-order valence-electron chi connectivity index (χ2n) is 4.83. The number of allylic oxidation sites excluding steroid dienone is 1. The lowest BCUT2D eigenvalue weighted by Crippen LogP contribution is -2.11. The molecule has 2 heteroatoms. The predicted molar refractivity (Wildman–Crippen MR) is 74.1 cm³/mol. The lowest BCUT2D eigenvalue weighted by Gasteiger charge is -2.26. The number of ether oxygens (including phenoxy) is 2. The van der Waals surface area contributed by atoms with Gasteiger partial charge in [0.2, 0.25) is 0 Å². The van der Waals surface area contributed by atoms with Gasteiger partial charge in [0.1, 0.15) is 5.75 Å². The van der Waals surface area contributed by atoms with Gasteiger partial charge in [0.15, 0.2) is 0 Å². The third kappa shape index (κ3) is 2.87. The quantitative estimate of drug-likeness (QED) is 0.729. The van der Waals surface area contributed by atoms with E-state index in [0.29, 0.717) is 12.5 Å². The van der Waals surface area contributed by atoms with Crippen LogP contribution >= 0.6 is 0 Å². The second kappa shape index (κ2) is 5.94. The van der Waals surface area contributed by atoms with Crippen molar-refractivity contribution in [3.8, 4) is 5.75 Å². The molecule has 0 spiro atoms. The lowest BCUT2D eigenvalue weighted by molar-refractivity contribution is 0.213. The molecule has 0 heterocycles. The van der Waals surface area contributed by atoms with E-state index in [1.165, 1.54) is 30.4 Å². The Morgan fingerprint density at radius 2 is 2.28 bits per heavy atom. The Morgan fingerprint density at radius 1 is 1.44 bits per heavy atom. The summed E-state index contributed by atoms with van der Waals surface area (Å²) in [6.07, 6.45) is 4.57. The van der Waals surface area contributed by atoms with Crippen LogP contribution in [0.3, 0.4) is 0 Å². The van der Waals surface area contributed by atoms with Crippen LogP contribution in [0.1, 0.15) is 43.2 Å². The van der Waals surface area contributed by atoms with Gasteiger partial charge in [-0.25, -0.2) is 0 Å². The fourth-order valence-electron chi connectivity index (χ4n) is 2.75. The normalized spacial score (nSPS) is 18.0. The second-order valence-corrected chi connectivity index (χ2v) is 4.83. The summed E-state index contributed by atoms with van der Waals surface area (Å²) in [5.74, 6) is 2.38. The van der Waals surface area contributed by atoms with E-state index < -0.39 is 0 Å². The molecule has 1 aliphatic rings. The van der Waals surface area contributed by atoms with Gasteiger partial charge in [-0.05, 0) is 55.4 Å². The molecule has 18 heavy (non-hydrogen) atoms. The van der Waals surface area contributed by atoms with Crippen molar-refractivity contribution in [1.29, 1.82) is 0 Å². The fraction of sp³-hybridized carbons (Fsp3) is 0.500. The van der Waals surface area contributed by atoms with E-state index in [2.05, 4.69) is 24.8 Å². The molecule has 0 fully saturated rings. The first-order valence-electron chi connectivity index (χ1n) is 6.72. The molecule has 2 nitrogen and oxygen atoms in total. The molecule has 98 valence electrons. The highest BCUT2D eigenvalue weighted by molar-refractivity contribution is 5.39. The van der Waals surface area contributed by atoms with Crippen LogP contribution < -0.4 is 4.74 Å². The summed E-state index contributed by atoms with van der Waals surface area (Å²) in [6, 6.07) is 6.43. The fourth-order valence-corrected chi connectivity index (χ4v) is 2.75. The summed E-state index contributed by atoms with van der Waals surface area (Å²) < 4.78 is 10.8. The molecule has 0 saturated heterocycles. The van der Waals surface area contributed by atoms with Gasteiger partial charge in [-0.15, -0.1) is 0 Å². The molecule has 1 atom stereocenters. The minimum absolute atomic E-state index is 0.530. The van der Waals surface area contributed by atoms with Gasteiger partial charge in [-0.3, -0.25) is 0 Å². The third-order valence-electron chi connectivity index (χ3n) is 3.61. The molecule has 1 aromatic rings. The highest BCUT2D eigenvalue weighted by Gasteiger charge is 2.21. The van der Waals surface area contributed by atoms with E-state index in [0.717, 1.165) is 17.9 Å². The number of methoxy groups -OCH3 is 1. The summed E-state index contributed by atoms with van der Waals surface area (Å²) in [4.78, 5) is 0. The zero-order valence-electron chi connectivity index (χ0n) is 11.4. The molecule has 2 rings (SSSR count). The summed E-state index contributed by atoms with van der Waals surface area (Å²) in [5, 5.41) is 0. The topological polar surface area (TPSA) is 18.5 Å². The molecule has 0 saturated carbocycles. The predicted octanol–water partition coefficient (Wildman–Crippen LogP) is 4.06. The average molecular weight is 246 g/mol. The number of benzene rings is 1. The Labute approximate surface area is 110 Å². The van der Waals surface area contributed by atoms with Crippen molar-refractivity contribution in [3.05, 3.63) is 41.7 Å². The van der Waals surface area contributed by atoms with Gasteiger partial charge in [-0.1, -0.05) is 12.6 Å². The van der Waals surface area contributed by atoms with Crippen molar-refractivity contribution < 1.29 is 9.47 Å². The third-order valence-corrected chi connectivity index (χ3v) is 3.61. The van der Waals surface area contributed by atoms with Crippen molar-refractivity contribution in [1.82, 2.24) is 0 Å². The van der Waals surface area contributed by atoms with Crippen LogP contribution in [0.15, 0.2) is 30.5 Å². The summed E-state index contributed by atoms with van der Waals surface area (Å²) in [7, 11) is 1.72. The van der Waals surface area contributed by atoms with Gasteiger partial charge < -0.3 is 9.47 Å². The van der Waals surface area contributed by atoms with Crippen molar-refractivity contribution in [2.45, 2.75) is 38.5 Å². The molecule has 1 unspecified atom stereocenters. The minimum Gasteiger partial charge on any atom is -0.499 e. The Balaban J connectivity index is 2.18. The van der Waals surface area contributed by atoms with Gasteiger partial charge in [0.05, 0.1) is 19.5 Å². The van der Waals surface area contributed by atoms with Crippen LogP contribution in [-0.2, 0) is 11.2 Å². The van der Waals surface area contributed by atoms with E-state index in [1.807, 2.05) is 6.92 Å². The SMILES string of the molecule is C=C(CC1CCCc2ccc(OC)cc21)OCC. The lowest BCUT2D eigenvalue weighted by atomic mass is 9.80. The largest absolute Gasteiger partial charge is 0.499 e. The van der Waals surface area contributed by atoms with Crippen LogP contribution in [-0.4, -0.2) is 13.7 Å². The first-order valence-corrected chi connectivity index (χ1v) is 6.72. The molecule has 0 aromatic heterocycles. The molecule has 0 N–H and O–H groups in total. The van der Waals surface area contributed by atoms with Gasteiger partial charge in [0, 0.05) is 6.42 Å². The number of hydrogen-bond donors (Lipinski definition) is 0. The smallest absolute Gasteiger partial charge is 0.119 e. The average Bonchev–Trinajstić information content (AvgIpc) is 2.39. The van der Waals surface area contributed by atoms with E-state index >= 15 is 0 Å². The molecule has 0 bridgehead atoms. The number of rotatable bonds is 5. The van der Waals surface area contributed by atoms with Crippen LogP contribution in [0.25, 0.3) is 0 Å². The monoisotopic (exact) mass is 246 g/mol. The Kier molecular flexibility index (Phi) is 4.29. The van der Waals surface area contributed by atoms with Crippen LogP contribution in [0.4, 0.5) is 0 Å². The minimum atomic E-state index is 0.530. The Morgan fingerprint density at radius 3 is 3.00 bits per heavy atom. The Hall–Kier alpha value is -1.44. The number of hydrogen-bond acceptors (Lipinski definition) is 2. The summed E-state index contributed by atoms with van der Waals surface area (Å²) in [5.41, 5.74) is 2.87. The van der Waals surface area contributed by atoms with Crippen LogP contribution in [0.2, 0.25) is 0 Å². The van der Waals surface area contributed by atoms with E-state index in [-0.39, 0.29) is 0 Å². The standard InChI is InChI=1S/C16H22O2/c1-4-18-12(2)10-14-7-5-6-13-8-9-15(17-3)11-16(13)14/h8-9,11,14H,2,4-7,10H2,1,3H3. The Bertz CT molecular complexity index is 423. The summed E-state index contributed by atoms with van der Waals surface area (Å²) in [6.45, 7) is 6.71. The zero-order chi connectivity index (χ0) is 13.0. The maximum Gasteiger partial charge on any atom is 0.119 e. The highest BCUT2D eigenvalue weighted by Crippen LogP contribution is 2.37. The summed E-state index contributed by atoms with van der Waals surface area (Å²) >= 11 is 0. The van der Waals surface area contributed by atoms with Crippen LogP contribution in [0.5, 0.6) is 5.75 Å². The van der Waals surface area contributed by atoms with Gasteiger partial charge in [-0.2, -0.15) is 0 Å². The van der Waals surface area contributed by atoms with Crippen molar-refractivity contribution in [2.24, 2.45) is 0 Å². The van der Waals surface area contributed by atoms with Crippen molar-refractivity contribution in [2.75, 3.05) is 13.7 Å². The molecular formula is C16H22O2. The molecular weight excluding hydrogens is 224 g/mol. The van der Waals surface area contributed by atoms with Gasteiger partial charge >= 0.3 is 0 Å². The number of fused-ring (bicyclic) bond motifs is 1. The van der Waals surface area contributed by atoms with E-state index in [1.54, 1.807) is 7.11 Å². The molecule has 0 amide bonds. The molecule has 0 aliphatic heterocycles. The molecule has 0 radical (unpaired) electrons. The highest BCUT2D eigenvalue weighted by atomic mass is 16.5. The zero-order valence-corrected chi connectivity index (χ0v) is 11.4. The van der Waals surface area contributed by atoms with Crippen molar-refractivity contribution in [3.63, 3.8) is 0 Å². The molecule has 1 aromatic carbocycles. The maximum atomic E-state index is 5.49. The number of aryl methyl sites for hydroxylation is 1. The van der Waals surface area contributed by atoms with E-state index in [4.69, 9.17) is 9.47 Å². The van der Waals surface area contributed by atoms with Crippen LogP contribution in [0, 0.1) is 0 Å².